The number of hydrogen-bond acceptors (Lipinski definition) is 6. The number of para-hydroxylation sites is 2. The first-order valence-corrected chi connectivity index (χ1v) is 7.25. The third-order valence-corrected chi connectivity index (χ3v) is 3.32. The van der Waals surface area contributed by atoms with E-state index in [0.29, 0.717) is 11.3 Å². The zero-order chi connectivity index (χ0) is 18.4. The van der Waals surface area contributed by atoms with Crippen LogP contribution in [0.2, 0.25) is 0 Å². The molecule has 1 N–H and O–H groups in total. The first kappa shape index (κ1) is 17.7. The number of rotatable bonds is 6. The summed E-state index contributed by atoms with van der Waals surface area (Å²) in [7, 11) is 1.42. The summed E-state index contributed by atoms with van der Waals surface area (Å²) in [6, 6.07) is 12.3. The average Bonchev–Trinajstić information content (AvgIpc) is 2.62. The van der Waals surface area contributed by atoms with Crippen LogP contribution in [0.4, 0.5) is 11.4 Å². The molecule has 0 saturated heterocycles. The summed E-state index contributed by atoms with van der Waals surface area (Å²) in [5, 5.41) is 22.3. The van der Waals surface area contributed by atoms with Crippen LogP contribution in [0.15, 0.2) is 42.5 Å². The minimum atomic E-state index is -0.943. The molecule has 0 aromatic heterocycles. The van der Waals surface area contributed by atoms with Gasteiger partial charge in [0, 0.05) is 12.1 Å². The summed E-state index contributed by atoms with van der Waals surface area (Å²) in [6.45, 7) is 1.50. The summed E-state index contributed by atoms with van der Waals surface area (Å²) < 4.78 is 10.7. The Morgan fingerprint density at radius 2 is 2.00 bits per heavy atom. The van der Waals surface area contributed by atoms with E-state index in [1.165, 1.54) is 50.4 Å². The fraction of sp³-hybridized carbons (Fsp3) is 0.176. The molecular weight excluding hydrogens is 326 g/mol. The van der Waals surface area contributed by atoms with Gasteiger partial charge in [-0.2, -0.15) is 5.26 Å². The second-order valence-corrected chi connectivity index (χ2v) is 5.00. The van der Waals surface area contributed by atoms with Gasteiger partial charge in [0.1, 0.15) is 5.69 Å². The molecule has 0 aliphatic rings. The van der Waals surface area contributed by atoms with Crippen molar-refractivity contribution in [1.82, 2.24) is 0 Å². The fourth-order valence-electron chi connectivity index (χ4n) is 2.05. The lowest BCUT2D eigenvalue weighted by molar-refractivity contribution is -0.383. The monoisotopic (exact) mass is 341 g/mol. The van der Waals surface area contributed by atoms with E-state index in [9.17, 15) is 14.9 Å². The Kier molecular flexibility index (Phi) is 5.53. The van der Waals surface area contributed by atoms with Crippen LogP contribution in [-0.4, -0.2) is 24.0 Å². The Morgan fingerprint density at radius 1 is 1.28 bits per heavy atom. The second-order valence-electron chi connectivity index (χ2n) is 5.00. The molecule has 2 aromatic rings. The van der Waals surface area contributed by atoms with Gasteiger partial charge in [-0.25, -0.2) is 0 Å². The number of nitrogens with zero attached hydrogens (tertiary/aromatic N) is 2. The number of ether oxygens (including phenoxy) is 2. The molecule has 0 unspecified atom stereocenters. The Labute approximate surface area is 143 Å². The van der Waals surface area contributed by atoms with Crippen molar-refractivity contribution >= 4 is 17.3 Å². The molecule has 8 nitrogen and oxygen atoms in total. The molecule has 1 amide bonds. The molecule has 2 aromatic carbocycles. The smallest absolute Gasteiger partial charge is 0.292 e. The van der Waals surface area contributed by atoms with Crippen LogP contribution >= 0.6 is 0 Å². The van der Waals surface area contributed by atoms with Gasteiger partial charge < -0.3 is 14.8 Å². The fourth-order valence-corrected chi connectivity index (χ4v) is 2.05. The number of nitrogens with one attached hydrogen (secondary N) is 1. The molecule has 2 rings (SSSR count). The Balaban J connectivity index is 2.14. The van der Waals surface area contributed by atoms with E-state index in [2.05, 4.69) is 5.32 Å². The van der Waals surface area contributed by atoms with Crippen molar-refractivity contribution in [2.45, 2.75) is 13.0 Å². The SMILES string of the molecule is COc1cc(C#N)ccc1O[C@H](C)C(=O)Nc1ccccc1[N+](=O)[O-]. The number of nitro groups is 1. The summed E-state index contributed by atoms with van der Waals surface area (Å²) in [6.07, 6.45) is -0.943. The Bertz CT molecular complexity index is 844. The molecule has 0 spiro atoms. The van der Waals surface area contributed by atoms with Gasteiger partial charge >= 0.3 is 0 Å². The van der Waals surface area contributed by atoms with Crippen molar-refractivity contribution in [3.8, 4) is 17.6 Å². The van der Waals surface area contributed by atoms with Crippen LogP contribution in [0.3, 0.4) is 0 Å². The lowest BCUT2D eigenvalue weighted by Gasteiger charge is -2.16. The number of methoxy groups -OCH3 is 1. The van der Waals surface area contributed by atoms with Gasteiger partial charge in [0.05, 0.1) is 23.7 Å². The molecule has 8 heteroatoms. The van der Waals surface area contributed by atoms with Gasteiger partial charge in [-0.1, -0.05) is 12.1 Å². The zero-order valence-electron chi connectivity index (χ0n) is 13.6. The predicted molar refractivity (Wildman–Crippen MR) is 89.5 cm³/mol. The quantitative estimate of drug-likeness (QED) is 0.638. The van der Waals surface area contributed by atoms with E-state index in [4.69, 9.17) is 14.7 Å². The molecule has 0 radical (unpaired) electrons. The second kappa shape index (κ2) is 7.79. The van der Waals surface area contributed by atoms with Crippen LogP contribution in [0.1, 0.15) is 12.5 Å². The molecule has 1 atom stereocenters. The maximum absolute atomic E-state index is 12.3. The maximum Gasteiger partial charge on any atom is 0.292 e. The van der Waals surface area contributed by atoms with Gasteiger partial charge in [0.25, 0.3) is 11.6 Å². The lowest BCUT2D eigenvalue weighted by atomic mass is 10.2. The molecule has 128 valence electrons. The first-order chi connectivity index (χ1) is 12.0. The van der Waals surface area contributed by atoms with Crippen molar-refractivity contribution < 1.29 is 19.2 Å². The molecule has 25 heavy (non-hydrogen) atoms. The van der Waals surface area contributed by atoms with Crippen molar-refractivity contribution in [3.63, 3.8) is 0 Å². The molecule has 0 heterocycles. The van der Waals surface area contributed by atoms with E-state index in [0.717, 1.165) is 0 Å². The van der Waals surface area contributed by atoms with Crippen LogP contribution in [0, 0.1) is 21.4 Å². The third kappa shape index (κ3) is 4.23. The number of amides is 1. The molecule has 0 fully saturated rings. The summed E-state index contributed by atoms with van der Waals surface area (Å²) in [5.74, 6) is 0.0387. The van der Waals surface area contributed by atoms with Crippen molar-refractivity contribution in [3.05, 3.63) is 58.1 Å². The van der Waals surface area contributed by atoms with E-state index < -0.39 is 16.9 Å². The Morgan fingerprint density at radius 3 is 2.64 bits per heavy atom. The largest absolute Gasteiger partial charge is 0.493 e. The van der Waals surface area contributed by atoms with E-state index in [-0.39, 0.29) is 17.1 Å². The van der Waals surface area contributed by atoms with Gasteiger partial charge in [-0.05, 0) is 25.1 Å². The van der Waals surface area contributed by atoms with E-state index >= 15 is 0 Å². The number of benzene rings is 2. The maximum atomic E-state index is 12.3. The summed E-state index contributed by atoms with van der Waals surface area (Å²) >= 11 is 0. The normalized spacial score (nSPS) is 11.1. The highest BCUT2D eigenvalue weighted by molar-refractivity contribution is 5.96. The number of hydrogen-bond donors (Lipinski definition) is 1. The standard InChI is InChI=1S/C17H15N3O5/c1-11(25-15-8-7-12(10-18)9-16(15)24-2)17(21)19-13-5-3-4-6-14(13)20(22)23/h3-9,11H,1-2H3,(H,19,21)/t11-/m1/s1. The first-order valence-electron chi connectivity index (χ1n) is 7.25. The number of anilines is 1. The number of carbonyl (C=O) groups is 1. The molecule has 0 aliphatic heterocycles. The minimum absolute atomic E-state index is 0.0831. The van der Waals surface area contributed by atoms with E-state index in [1.807, 2.05) is 6.07 Å². The van der Waals surface area contributed by atoms with Gasteiger partial charge in [0.15, 0.2) is 17.6 Å². The highest BCUT2D eigenvalue weighted by Gasteiger charge is 2.21. The molecule has 0 bridgehead atoms. The van der Waals surface area contributed by atoms with Crippen molar-refractivity contribution in [1.29, 1.82) is 5.26 Å². The van der Waals surface area contributed by atoms with Crippen LogP contribution in [0.5, 0.6) is 11.5 Å². The predicted octanol–water partition coefficient (Wildman–Crippen LogP) is 2.88. The number of nitro benzene ring substituents is 1. The minimum Gasteiger partial charge on any atom is -0.493 e. The summed E-state index contributed by atoms with van der Waals surface area (Å²) in [5.41, 5.74) is 0.264. The van der Waals surface area contributed by atoms with Gasteiger partial charge in [0.2, 0.25) is 0 Å². The summed E-state index contributed by atoms with van der Waals surface area (Å²) in [4.78, 5) is 22.7. The molecule has 0 aliphatic carbocycles. The number of carbonyl (C=O) groups excluding carboxylic acids is 1. The molecular formula is C17H15N3O5. The lowest BCUT2D eigenvalue weighted by Crippen LogP contribution is -2.30. The van der Waals surface area contributed by atoms with Crippen molar-refractivity contribution in [2.24, 2.45) is 0 Å². The van der Waals surface area contributed by atoms with Crippen molar-refractivity contribution in [2.75, 3.05) is 12.4 Å². The Hall–Kier alpha value is -3.60. The van der Waals surface area contributed by atoms with Crippen LogP contribution in [0.25, 0.3) is 0 Å². The average molecular weight is 341 g/mol. The topological polar surface area (TPSA) is 114 Å². The highest BCUT2D eigenvalue weighted by Crippen LogP contribution is 2.29. The van der Waals surface area contributed by atoms with E-state index in [1.54, 1.807) is 6.07 Å². The zero-order valence-corrected chi connectivity index (χ0v) is 13.6. The van der Waals surface area contributed by atoms with Gasteiger partial charge in [-0.15, -0.1) is 0 Å². The molecule has 0 saturated carbocycles. The third-order valence-electron chi connectivity index (χ3n) is 3.32. The van der Waals surface area contributed by atoms with Crippen LogP contribution in [-0.2, 0) is 4.79 Å². The highest BCUT2D eigenvalue weighted by atomic mass is 16.6. The van der Waals surface area contributed by atoms with Gasteiger partial charge in [-0.3, -0.25) is 14.9 Å². The van der Waals surface area contributed by atoms with Crippen LogP contribution < -0.4 is 14.8 Å². The number of nitriles is 1.